The summed E-state index contributed by atoms with van der Waals surface area (Å²) in [5, 5.41) is 11.6. The van der Waals surface area contributed by atoms with Gasteiger partial charge in [0, 0.05) is 17.2 Å². The molecule has 24 heavy (non-hydrogen) atoms. The number of nitrogens with zero attached hydrogens (tertiary/aromatic N) is 2. The Morgan fingerprint density at radius 2 is 2.12 bits per heavy atom. The zero-order valence-corrected chi connectivity index (χ0v) is 13.5. The predicted molar refractivity (Wildman–Crippen MR) is 91.8 cm³/mol. The molecule has 1 aromatic heterocycles. The first-order valence-electron chi connectivity index (χ1n) is 7.74. The zero-order valence-electron chi connectivity index (χ0n) is 13.5. The maximum Gasteiger partial charge on any atom is 0.255 e. The van der Waals surface area contributed by atoms with Crippen LogP contribution in [0.1, 0.15) is 41.6 Å². The molecule has 1 heterocycles. The number of rotatable bonds is 4. The highest BCUT2D eigenvalue weighted by molar-refractivity contribution is 6.05. The van der Waals surface area contributed by atoms with E-state index in [-0.39, 0.29) is 18.2 Å². The van der Waals surface area contributed by atoms with E-state index in [1.54, 1.807) is 36.4 Å². The van der Waals surface area contributed by atoms with Crippen molar-refractivity contribution in [1.82, 2.24) is 4.98 Å². The fourth-order valence-corrected chi connectivity index (χ4v) is 2.39. The van der Waals surface area contributed by atoms with Gasteiger partial charge in [0.1, 0.15) is 5.52 Å². The molecule has 3 aromatic rings. The zero-order chi connectivity index (χ0) is 17.1. The standard InChI is InChI=1S/C19H17N3O2/c1-12(2)19-22-16-11-15(6-7-17(16)24-19)21-18(23)14-5-3-4-13(10-14)8-9-20/h3-7,10-12H,8H2,1-2H3,(H,21,23). The van der Waals surface area contributed by atoms with Crippen LogP contribution in [0.5, 0.6) is 0 Å². The minimum atomic E-state index is -0.221. The summed E-state index contributed by atoms with van der Waals surface area (Å²) in [6.45, 7) is 4.03. The van der Waals surface area contributed by atoms with Gasteiger partial charge in [-0.2, -0.15) is 5.26 Å². The SMILES string of the molecule is CC(C)c1nc2cc(NC(=O)c3cccc(CC#N)c3)ccc2o1. The average molecular weight is 319 g/mol. The van der Waals surface area contributed by atoms with Crippen molar-refractivity contribution in [2.24, 2.45) is 0 Å². The van der Waals surface area contributed by atoms with Gasteiger partial charge in [0.25, 0.3) is 5.91 Å². The largest absolute Gasteiger partial charge is 0.440 e. The highest BCUT2D eigenvalue weighted by atomic mass is 16.3. The van der Waals surface area contributed by atoms with E-state index in [0.717, 1.165) is 11.1 Å². The Hall–Kier alpha value is -3.13. The number of amides is 1. The molecular formula is C19H17N3O2. The summed E-state index contributed by atoms with van der Waals surface area (Å²) in [6, 6.07) is 14.5. The first-order chi connectivity index (χ1) is 11.6. The Labute approximate surface area is 139 Å². The molecule has 2 aromatic carbocycles. The smallest absolute Gasteiger partial charge is 0.255 e. The molecule has 0 fully saturated rings. The topological polar surface area (TPSA) is 78.9 Å². The van der Waals surface area contributed by atoms with Crippen molar-refractivity contribution in [2.75, 3.05) is 5.32 Å². The van der Waals surface area contributed by atoms with Crippen molar-refractivity contribution in [2.45, 2.75) is 26.2 Å². The van der Waals surface area contributed by atoms with Crippen LogP contribution < -0.4 is 5.32 Å². The van der Waals surface area contributed by atoms with Crippen LogP contribution in [0.2, 0.25) is 0 Å². The van der Waals surface area contributed by atoms with E-state index in [4.69, 9.17) is 9.68 Å². The van der Waals surface area contributed by atoms with Crippen LogP contribution >= 0.6 is 0 Å². The highest BCUT2D eigenvalue weighted by Crippen LogP contribution is 2.24. The number of carbonyl (C=O) groups excluding carboxylic acids is 1. The van der Waals surface area contributed by atoms with Crippen molar-refractivity contribution in [1.29, 1.82) is 5.26 Å². The average Bonchev–Trinajstić information content (AvgIpc) is 2.99. The number of anilines is 1. The second-order valence-electron chi connectivity index (χ2n) is 5.88. The Bertz CT molecular complexity index is 935. The molecule has 0 aliphatic carbocycles. The van der Waals surface area contributed by atoms with E-state index < -0.39 is 0 Å². The summed E-state index contributed by atoms with van der Waals surface area (Å²) in [7, 11) is 0. The number of nitriles is 1. The molecule has 3 rings (SSSR count). The molecular weight excluding hydrogens is 302 g/mol. The maximum atomic E-state index is 12.4. The number of carbonyl (C=O) groups is 1. The third-order valence-electron chi connectivity index (χ3n) is 3.63. The minimum absolute atomic E-state index is 0.207. The minimum Gasteiger partial charge on any atom is -0.440 e. The molecule has 0 unspecified atom stereocenters. The summed E-state index contributed by atoms with van der Waals surface area (Å²) in [5.74, 6) is 0.665. The van der Waals surface area contributed by atoms with E-state index in [1.165, 1.54) is 0 Å². The van der Waals surface area contributed by atoms with Gasteiger partial charge < -0.3 is 9.73 Å². The van der Waals surface area contributed by atoms with Crippen LogP contribution in [0, 0.1) is 11.3 Å². The van der Waals surface area contributed by atoms with E-state index >= 15 is 0 Å². The first-order valence-corrected chi connectivity index (χ1v) is 7.74. The van der Waals surface area contributed by atoms with Gasteiger partial charge >= 0.3 is 0 Å². The normalized spacial score (nSPS) is 10.8. The Balaban J connectivity index is 1.82. The Kier molecular flexibility index (Phi) is 4.30. The quantitative estimate of drug-likeness (QED) is 0.779. The fraction of sp³-hybridized carbons (Fsp3) is 0.211. The van der Waals surface area contributed by atoms with Gasteiger partial charge in [-0.3, -0.25) is 4.79 Å². The van der Waals surface area contributed by atoms with Crippen molar-refractivity contribution in [3.8, 4) is 6.07 Å². The molecule has 0 bridgehead atoms. The summed E-state index contributed by atoms with van der Waals surface area (Å²) < 4.78 is 5.66. The third kappa shape index (κ3) is 3.28. The van der Waals surface area contributed by atoms with Gasteiger partial charge in [-0.05, 0) is 35.9 Å². The van der Waals surface area contributed by atoms with Crippen LogP contribution in [-0.4, -0.2) is 10.9 Å². The molecule has 5 nitrogen and oxygen atoms in total. The molecule has 1 amide bonds. The van der Waals surface area contributed by atoms with Gasteiger partial charge in [-0.15, -0.1) is 0 Å². The molecule has 0 spiro atoms. The molecule has 0 atom stereocenters. The van der Waals surface area contributed by atoms with E-state index in [9.17, 15) is 4.79 Å². The molecule has 0 saturated carbocycles. The molecule has 1 N–H and O–H groups in total. The van der Waals surface area contributed by atoms with Crippen LogP contribution in [0.4, 0.5) is 5.69 Å². The number of hydrogen-bond acceptors (Lipinski definition) is 4. The molecule has 5 heteroatoms. The van der Waals surface area contributed by atoms with Crippen molar-refractivity contribution < 1.29 is 9.21 Å². The van der Waals surface area contributed by atoms with Gasteiger partial charge in [0.15, 0.2) is 11.5 Å². The lowest BCUT2D eigenvalue weighted by molar-refractivity contribution is 0.102. The molecule has 0 aliphatic rings. The van der Waals surface area contributed by atoms with Crippen molar-refractivity contribution in [3.05, 3.63) is 59.5 Å². The highest BCUT2D eigenvalue weighted by Gasteiger charge is 2.11. The number of oxazole rings is 1. The summed E-state index contributed by atoms with van der Waals surface area (Å²) in [6.07, 6.45) is 0.282. The number of benzene rings is 2. The molecule has 0 radical (unpaired) electrons. The Morgan fingerprint density at radius 1 is 1.29 bits per heavy atom. The second-order valence-corrected chi connectivity index (χ2v) is 5.88. The van der Waals surface area contributed by atoms with Crippen molar-refractivity contribution in [3.63, 3.8) is 0 Å². The number of hydrogen-bond donors (Lipinski definition) is 1. The summed E-state index contributed by atoms with van der Waals surface area (Å²) >= 11 is 0. The molecule has 0 saturated heterocycles. The predicted octanol–water partition coefficient (Wildman–Crippen LogP) is 4.27. The van der Waals surface area contributed by atoms with E-state index in [1.807, 2.05) is 19.9 Å². The summed E-state index contributed by atoms with van der Waals surface area (Å²) in [4.78, 5) is 16.8. The molecule has 0 aliphatic heterocycles. The van der Waals surface area contributed by atoms with Gasteiger partial charge in [-0.1, -0.05) is 26.0 Å². The number of nitrogens with one attached hydrogen (secondary N) is 1. The fourth-order valence-electron chi connectivity index (χ4n) is 2.39. The van der Waals surface area contributed by atoms with Crippen LogP contribution in [0.3, 0.4) is 0 Å². The van der Waals surface area contributed by atoms with Gasteiger partial charge in [-0.25, -0.2) is 4.98 Å². The number of aromatic nitrogens is 1. The van der Waals surface area contributed by atoms with E-state index in [2.05, 4.69) is 16.4 Å². The third-order valence-corrected chi connectivity index (χ3v) is 3.63. The lowest BCUT2D eigenvalue weighted by atomic mass is 10.1. The summed E-state index contributed by atoms with van der Waals surface area (Å²) in [5.41, 5.74) is 3.41. The van der Waals surface area contributed by atoms with Gasteiger partial charge in [0.2, 0.25) is 0 Å². The first kappa shape index (κ1) is 15.8. The van der Waals surface area contributed by atoms with Crippen molar-refractivity contribution >= 4 is 22.7 Å². The van der Waals surface area contributed by atoms with E-state index in [0.29, 0.717) is 22.7 Å². The monoisotopic (exact) mass is 319 g/mol. The Morgan fingerprint density at radius 3 is 2.88 bits per heavy atom. The maximum absolute atomic E-state index is 12.4. The van der Waals surface area contributed by atoms with Crippen LogP contribution in [0.25, 0.3) is 11.1 Å². The lowest BCUT2D eigenvalue weighted by Gasteiger charge is -2.06. The van der Waals surface area contributed by atoms with Gasteiger partial charge in [0.05, 0.1) is 12.5 Å². The van der Waals surface area contributed by atoms with Crippen LogP contribution in [-0.2, 0) is 6.42 Å². The number of fused-ring (bicyclic) bond motifs is 1. The van der Waals surface area contributed by atoms with Crippen LogP contribution in [0.15, 0.2) is 46.9 Å². The second kappa shape index (κ2) is 6.55. The lowest BCUT2D eigenvalue weighted by Crippen LogP contribution is -2.12. The molecule has 120 valence electrons.